The number of rotatable bonds is 5. The lowest BCUT2D eigenvalue weighted by atomic mass is 10.1. The van der Waals surface area contributed by atoms with Gasteiger partial charge in [0, 0.05) is 29.7 Å². The highest BCUT2D eigenvalue weighted by molar-refractivity contribution is 7.10. The molecule has 1 aromatic heterocycles. The van der Waals surface area contributed by atoms with Crippen molar-refractivity contribution in [2.45, 2.75) is 12.5 Å². The molecule has 0 radical (unpaired) electrons. The Labute approximate surface area is 176 Å². The van der Waals surface area contributed by atoms with Crippen molar-refractivity contribution in [1.29, 1.82) is 0 Å². The smallest absolute Gasteiger partial charge is 0.313 e. The van der Waals surface area contributed by atoms with E-state index in [2.05, 4.69) is 21.6 Å². The van der Waals surface area contributed by atoms with Crippen LogP contribution < -0.4 is 15.5 Å². The standard InChI is InChI=1S/C22H19F2N3O2S/c23-15-7-8-16(24)17(12-15)26-22(29)21(28)25-13-19(20-6-3-11-30-20)27-10-9-14-4-1-2-5-18(14)27/h1-8,11-12,19H,9-10,13H2,(H,25,28)(H,26,29). The van der Waals surface area contributed by atoms with Crippen LogP contribution in [0.25, 0.3) is 0 Å². The Kier molecular flexibility index (Phi) is 5.76. The number of carbonyl (C=O) groups is 2. The lowest BCUT2D eigenvalue weighted by molar-refractivity contribution is -0.136. The Hall–Kier alpha value is -3.26. The summed E-state index contributed by atoms with van der Waals surface area (Å²) in [5.74, 6) is -3.49. The number of nitrogens with zero attached hydrogens (tertiary/aromatic N) is 1. The summed E-state index contributed by atoms with van der Waals surface area (Å²) < 4.78 is 27.0. The number of amides is 2. The van der Waals surface area contributed by atoms with Crippen molar-refractivity contribution in [1.82, 2.24) is 5.32 Å². The maximum atomic E-state index is 13.7. The van der Waals surface area contributed by atoms with E-state index in [9.17, 15) is 18.4 Å². The van der Waals surface area contributed by atoms with E-state index in [-0.39, 0.29) is 18.3 Å². The summed E-state index contributed by atoms with van der Waals surface area (Å²) in [5.41, 5.74) is 1.97. The first-order chi connectivity index (χ1) is 14.5. The predicted molar refractivity (Wildman–Crippen MR) is 113 cm³/mol. The summed E-state index contributed by atoms with van der Waals surface area (Å²) in [7, 11) is 0. The van der Waals surface area contributed by atoms with Crippen molar-refractivity contribution in [3.05, 3.63) is 82.1 Å². The molecular weight excluding hydrogens is 408 g/mol. The fourth-order valence-electron chi connectivity index (χ4n) is 3.57. The second kappa shape index (κ2) is 8.62. The molecule has 154 valence electrons. The lowest BCUT2D eigenvalue weighted by Crippen LogP contribution is -2.41. The van der Waals surface area contributed by atoms with Crippen LogP contribution in [0.1, 0.15) is 16.5 Å². The van der Waals surface area contributed by atoms with Crippen LogP contribution in [0, 0.1) is 11.6 Å². The summed E-state index contributed by atoms with van der Waals surface area (Å²) in [5, 5.41) is 6.71. The molecule has 4 rings (SSSR count). The number of fused-ring (bicyclic) bond motifs is 1. The van der Waals surface area contributed by atoms with Crippen molar-refractivity contribution in [3.8, 4) is 0 Å². The van der Waals surface area contributed by atoms with Crippen LogP contribution >= 0.6 is 11.3 Å². The van der Waals surface area contributed by atoms with Crippen molar-refractivity contribution in [2.24, 2.45) is 0 Å². The quantitative estimate of drug-likeness (QED) is 0.608. The maximum Gasteiger partial charge on any atom is 0.313 e. The van der Waals surface area contributed by atoms with Gasteiger partial charge in [-0.15, -0.1) is 11.3 Å². The number of para-hydroxylation sites is 1. The third-order valence-corrected chi connectivity index (χ3v) is 5.98. The molecule has 0 saturated heterocycles. The zero-order valence-corrected chi connectivity index (χ0v) is 16.7. The highest BCUT2D eigenvalue weighted by atomic mass is 32.1. The van der Waals surface area contributed by atoms with Crippen molar-refractivity contribution < 1.29 is 18.4 Å². The molecule has 2 heterocycles. The van der Waals surface area contributed by atoms with E-state index >= 15 is 0 Å². The van der Waals surface area contributed by atoms with Gasteiger partial charge in [0.15, 0.2) is 0 Å². The van der Waals surface area contributed by atoms with Gasteiger partial charge in [-0.25, -0.2) is 8.78 Å². The van der Waals surface area contributed by atoms with Gasteiger partial charge in [0.25, 0.3) is 0 Å². The topological polar surface area (TPSA) is 61.4 Å². The van der Waals surface area contributed by atoms with Gasteiger partial charge >= 0.3 is 11.8 Å². The van der Waals surface area contributed by atoms with E-state index < -0.39 is 23.4 Å². The number of halogens is 2. The number of benzene rings is 2. The number of nitrogens with one attached hydrogen (secondary N) is 2. The van der Waals surface area contributed by atoms with Gasteiger partial charge in [-0.1, -0.05) is 24.3 Å². The van der Waals surface area contributed by atoms with Crippen LogP contribution in [0.2, 0.25) is 0 Å². The molecule has 1 aliphatic rings. The second-order valence-corrected chi connectivity index (χ2v) is 7.87. The van der Waals surface area contributed by atoms with E-state index in [0.29, 0.717) is 0 Å². The Balaban J connectivity index is 1.46. The molecule has 1 atom stereocenters. The fourth-order valence-corrected chi connectivity index (χ4v) is 4.41. The second-order valence-electron chi connectivity index (χ2n) is 6.89. The minimum absolute atomic E-state index is 0.142. The summed E-state index contributed by atoms with van der Waals surface area (Å²) in [6.45, 7) is 1.01. The van der Waals surface area contributed by atoms with Crippen molar-refractivity contribution in [3.63, 3.8) is 0 Å². The van der Waals surface area contributed by atoms with E-state index in [1.807, 2.05) is 35.7 Å². The lowest BCUT2D eigenvalue weighted by Gasteiger charge is -2.30. The van der Waals surface area contributed by atoms with Crippen molar-refractivity contribution >= 4 is 34.5 Å². The van der Waals surface area contributed by atoms with Gasteiger partial charge in [0.1, 0.15) is 11.6 Å². The molecule has 1 aliphatic heterocycles. The summed E-state index contributed by atoms with van der Waals surface area (Å²) >= 11 is 1.57. The van der Waals surface area contributed by atoms with E-state index in [0.717, 1.165) is 41.7 Å². The Morgan fingerprint density at radius 3 is 2.70 bits per heavy atom. The Bertz CT molecular complexity index is 1070. The normalized spacial score (nSPS) is 13.6. The molecule has 2 amide bonds. The van der Waals surface area contributed by atoms with Gasteiger partial charge < -0.3 is 15.5 Å². The molecule has 8 heteroatoms. The fraction of sp³-hybridized carbons (Fsp3) is 0.182. The number of anilines is 2. The van der Waals surface area contributed by atoms with Crippen LogP contribution in [0.15, 0.2) is 60.0 Å². The molecule has 2 aromatic carbocycles. The Morgan fingerprint density at radius 2 is 1.90 bits per heavy atom. The molecule has 0 bridgehead atoms. The third-order valence-electron chi connectivity index (χ3n) is 5.01. The minimum atomic E-state index is -1.05. The molecule has 5 nitrogen and oxygen atoms in total. The van der Waals surface area contributed by atoms with E-state index in [4.69, 9.17) is 0 Å². The highest BCUT2D eigenvalue weighted by Crippen LogP contribution is 2.36. The predicted octanol–water partition coefficient (Wildman–Crippen LogP) is 3.89. The largest absolute Gasteiger partial charge is 0.361 e. The first-order valence-corrected chi connectivity index (χ1v) is 10.3. The Morgan fingerprint density at radius 1 is 1.07 bits per heavy atom. The van der Waals surface area contributed by atoms with Crippen LogP contribution in [0.5, 0.6) is 0 Å². The molecule has 1 unspecified atom stereocenters. The van der Waals surface area contributed by atoms with Crippen LogP contribution in [0.3, 0.4) is 0 Å². The van der Waals surface area contributed by atoms with Crippen molar-refractivity contribution in [2.75, 3.05) is 23.3 Å². The monoisotopic (exact) mass is 427 g/mol. The third kappa shape index (κ3) is 4.18. The zero-order valence-electron chi connectivity index (χ0n) is 15.9. The highest BCUT2D eigenvalue weighted by Gasteiger charge is 2.28. The van der Waals surface area contributed by atoms with E-state index in [1.54, 1.807) is 11.3 Å². The van der Waals surface area contributed by atoms with Gasteiger partial charge in [-0.2, -0.15) is 0 Å². The van der Waals surface area contributed by atoms with Crippen LogP contribution in [-0.4, -0.2) is 24.9 Å². The minimum Gasteiger partial charge on any atom is -0.361 e. The average molecular weight is 427 g/mol. The summed E-state index contributed by atoms with van der Waals surface area (Å²) in [6.07, 6.45) is 0.908. The molecule has 30 heavy (non-hydrogen) atoms. The van der Waals surface area contributed by atoms with Crippen LogP contribution in [0.4, 0.5) is 20.2 Å². The average Bonchev–Trinajstić information content (AvgIpc) is 3.41. The number of hydrogen-bond acceptors (Lipinski definition) is 4. The molecular formula is C22H19F2N3O2S. The van der Waals surface area contributed by atoms with E-state index in [1.165, 1.54) is 5.56 Å². The van der Waals surface area contributed by atoms with Gasteiger partial charge in [-0.3, -0.25) is 9.59 Å². The molecule has 0 saturated carbocycles. The van der Waals surface area contributed by atoms with Gasteiger partial charge in [0.05, 0.1) is 11.7 Å². The molecule has 2 N–H and O–H groups in total. The molecule has 3 aromatic rings. The summed E-state index contributed by atoms with van der Waals surface area (Å²) in [6, 6.07) is 14.5. The first-order valence-electron chi connectivity index (χ1n) is 9.45. The molecule has 0 spiro atoms. The molecule has 0 fully saturated rings. The number of hydrogen-bond donors (Lipinski definition) is 2. The SMILES string of the molecule is O=C(NCC(c1cccs1)N1CCc2ccccc21)C(=O)Nc1cc(F)ccc1F. The van der Waals surface area contributed by atoms with Gasteiger partial charge in [0.2, 0.25) is 0 Å². The maximum absolute atomic E-state index is 13.7. The molecule has 0 aliphatic carbocycles. The number of carbonyl (C=O) groups excluding carboxylic acids is 2. The zero-order chi connectivity index (χ0) is 21.1. The van der Waals surface area contributed by atoms with Gasteiger partial charge in [-0.05, 0) is 41.6 Å². The van der Waals surface area contributed by atoms with Crippen LogP contribution in [-0.2, 0) is 16.0 Å². The summed E-state index contributed by atoms with van der Waals surface area (Å²) in [4.78, 5) is 27.8. The first kappa shape index (κ1) is 20.0. The number of thiophene rings is 1.